The third-order valence-corrected chi connectivity index (χ3v) is 8.28. The van der Waals surface area contributed by atoms with Crippen molar-refractivity contribution in [2.75, 3.05) is 6.61 Å². The van der Waals surface area contributed by atoms with E-state index in [2.05, 4.69) is 4.99 Å². The van der Waals surface area contributed by atoms with Crippen LogP contribution in [-0.2, 0) is 16.1 Å². The van der Waals surface area contributed by atoms with Crippen LogP contribution in [0, 0.1) is 13.8 Å². The average Bonchev–Trinajstić information content (AvgIpc) is 3.23. The summed E-state index contributed by atoms with van der Waals surface area (Å²) in [6.45, 7) is 8.05. The average molecular weight is 608 g/mol. The number of carbonyl (C=O) groups excluding carboxylic acids is 1. The number of hydrogen-bond donors (Lipinski definition) is 0. The highest BCUT2D eigenvalue weighted by Crippen LogP contribution is 2.35. The molecule has 0 amide bonds. The van der Waals surface area contributed by atoms with Crippen molar-refractivity contribution < 1.29 is 14.3 Å². The number of aryl methyl sites for hydroxylation is 2. The molecule has 1 aliphatic rings. The Kier molecular flexibility index (Phi) is 8.50. The van der Waals surface area contributed by atoms with Crippen LogP contribution in [0.3, 0.4) is 0 Å². The van der Waals surface area contributed by atoms with E-state index in [1.54, 1.807) is 36.6 Å². The first kappa shape index (κ1) is 28.9. The van der Waals surface area contributed by atoms with Crippen LogP contribution in [0.2, 0.25) is 10.0 Å². The molecule has 0 spiro atoms. The van der Waals surface area contributed by atoms with Crippen molar-refractivity contribution in [3.05, 3.63) is 129 Å². The Morgan fingerprint density at radius 2 is 1.61 bits per heavy atom. The summed E-state index contributed by atoms with van der Waals surface area (Å²) < 4.78 is 13.3. The zero-order chi connectivity index (χ0) is 29.3. The van der Waals surface area contributed by atoms with E-state index >= 15 is 0 Å². The van der Waals surface area contributed by atoms with E-state index in [0.717, 1.165) is 22.3 Å². The number of fused-ring (bicyclic) bond motifs is 1. The molecule has 0 radical (unpaired) electrons. The second-order valence-corrected chi connectivity index (χ2v) is 11.6. The molecule has 1 aliphatic heterocycles. The molecule has 210 valence electrons. The second-order valence-electron chi connectivity index (χ2n) is 9.80. The van der Waals surface area contributed by atoms with E-state index in [-0.39, 0.29) is 12.2 Å². The van der Waals surface area contributed by atoms with Gasteiger partial charge in [-0.3, -0.25) is 9.36 Å². The fourth-order valence-electron chi connectivity index (χ4n) is 4.65. The van der Waals surface area contributed by atoms with Crippen LogP contribution >= 0.6 is 34.5 Å². The molecule has 6 nitrogen and oxygen atoms in total. The summed E-state index contributed by atoms with van der Waals surface area (Å²) in [7, 11) is 0. The van der Waals surface area contributed by atoms with Gasteiger partial charge in [-0.15, -0.1) is 0 Å². The van der Waals surface area contributed by atoms with Gasteiger partial charge in [0.05, 0.1) is 38.5 Å². The van der Waals surface area contributed by atoms with Gasteiger partial charge < -0.3 is 9.47 Å². The Bertz CT molecular complexity index is 1820. The summed E-state index contributed by atoms with van der Waals surface area (Å²) in [6, 6.07) is 18.5. The van der Waals surface area contributed by atoms with Gasteiger partial charge in [0.1, 0.15) is 6.61 Å². The molecular weight excluding hydrogens is 579 g/mol. The molecule has 41 heavy (non-hydrogen) atoms. The zero-order valence-corrected chi connectivity index (χ0v) is 25.4. The molecule has 4 aromatic rings. The molecule has 0 N–H and O–H groups in total. The molecule has 9 heteroatoms. The summed E-state index contributed by atoms with van der Waals surface area (Å²) in [4.78, 5) is 32.0. The number of esters is 1. The van der Waals surface area contributed by atoms with E-state index in [1.807, 2.05) is 62.4 Å². The van der Waals surface area contributed by atoms with E-state index in [0.29, 0.717) is 48.6 Å². The summed E-state index contributed by atoms with van der Waals surface area (Å²) in [5.41, 5.74) is 5.24. The molecule has 1 atom stereocenters. The van der Waals surface area contributed by atoms with Gasteiger partial charge in [0.25, 0.3) is 5.56 Å². The van der Waals surface area contributed by atoms with Gasteiger partial charge in [0.2, 0.25) is 0 Å². The van der Waals surface area contributed by atoms with E-state index in [1.165, 1.54) is 11.3 Å². The Balaban J connectivity index is 1.54. The largest absolute Gasteiger partial charge is 0.486 e. The van der Waals surface area contributed by atoms with Crippen molar-refractivity contribution in [3.63, 3.8) is 0 Å². The van der Waals surface area contributed by atoms with Crippen molar-refractivity contribution in [2.45, 2.75) is 40.3 Å². The summed E-state index contributed by atoms with van der Waals surface area (Å²) in [5.74, 6) is -0.116. The van der Waals surface area contributed by atoms with Crippen molar-refractivity contribution in [3.8, 4) is 5.75 Å². The summed E-state index contributed by atoms with van der Waals surface area (Å²) in [6.07, 6.45) is 1.72. The summed E-state index contributed by atoms with van der Waals surface area (Å²) in [5, 5.41) is 0.670. The molecule has 0 fully saturated rings. The number of thiazole rings is 1. The van der Waals surface area contributed by atoms with E-state index in [9.17, 15) is 9.59 Å². The summed E-state index contributed by atoms with van der Waals surface area (Å²) >= 11 is 14.4. The molecular formula is C32H28Cl2N2O4S. The Labute approximate surface area is 251 Å². The highest BCUT2D eigenvalue weighted by molar-refractivity contribution is 7.07. The van der Waals surface area contributed by atoms with Crippen LogP contribution in [0.25, 0.3) is 6.08 Å². The SMILES string of the molecule is CCOC(=O)C1=C(C)N=c2s/c(=C/c3cc(Cl)c(OCc4ccc(C)cc4)c(Cl)c3)c(=O)n2[C@@H]1c1ccc(C)cc1. The van der Waals surface area contributed by atoms with Crippen molar-refractivity contribution in [2.24, 2.45) is 4.99 Å². The quantitative estimate of drug-likeness (QED) is 0.231. The van der Waals surface area contributed by atoms with Crippen LogP contribution in [0.4, 0.5) is 0 Å². The number of ether oxygens (including phenoxy) is 2. The monoisotopic (exact) mass is 606 g/mol. The smallest absolute Gasteiger partial charge is 0.338 e. The van der Waals surface area contributed by atoms with Crippen LogP contribution in [0.15, 0.2) is 81.7 Å². The van der Waals surface area contributed by atoms with Crippen molar-refractivity contribution in [1.82, 2.24) is 4.57 Å². The fraction of sp³-hybridized carbons (Fsp3) is 0.219. The topological polar surface area (TPSA) is 69.9 Å². The Hall–Kier alpha value is -3.65. The van der Waals surface area contributed by atoms with Gasteiger partial charge in [0.15, 0.2) is 10.6 Å². The van der Waals surface area contributed by atoms with Crippen LogP contribution < -0.4 is 19.6 Å². The minimum absolute atomic E-state index is 0.215. The van der Waals surface area contributed by atoms with Gasteiger partial charge >= 0.3 is 5.97 Å². The minimum Gasteiger partial charge on any atom is -0.486 e. The van der Waals surface area contributed by atoms with Gasteiger partial charge in [0, 0.05) is 0 Å². The maximum absolute atomic E-state index is 13.8. The third-order valence-electron chi connectivity index (χ3n) is 6.73. The first-order valence-electron chi connectivity index (χ1n) is 13.1. The van der Waals surface area contributed by atoms with Gasteiger partial charge in [-0.1, -0.05) is 94.2 Å². The maximum atomic E-state index is 13.8. The van der Waals surface area contributed by atoms with Gasteiger partial charge in [-0.05, 0) is 62.6 Å². The number of aromatic nitrogens is 1. The molecule has 5 rings (SSSR count). The Morgan fingerprint density at radius 3 is 2.22 bits per heavy atom. The first-order chi connectivity index (χ1) is 19.7. The van der Waals surface area contributed by atoms with Crippen molar-refractivity contribution in [1.29, 1.82) is 0 Å². The normalized spacial score (nSPS) is 15.0. The fourth-order valence-corrected chi connectivity index (χ4v) is 6.31. The van der Waals surface area contributed by atoms with Crippen LogP contribution in [-0.4, -0.2) is 17.1 Å². The predicted octanol–water partition coefficient (Wildman–Crippen LogP) is 6.30. The maximum Gasteiger partial charge on any atom is 0.338 e. The lowest BCUT2D eigenvalue weighted by atomic mass is 9.95. The van der Waals surface area contributed by atoms with Crippen LogP contribution in [0.1, 0.15) is 47.7 Å². The highest BCUT2D eigenvalue weighted by Gasteiger charge is 2.33. The molecule has 0 aliphatic carbocycles. The predicted molar refractivity (Wildman–Crippen MR) is 164 cm³/mol. The lowest BCUT2D eigenvalue weighted by Crippen LogP contribution is -2.39. The molecule has 0 saturated heterocycles. The standard InChI is InChI=1S/C32H28Cl2N2O4S/c1-5-39-31(38)27-20(4)35-32-36(28(27)23-12-8-19(3)9-13-23)30(37)26(41-32)16-22-14-24(33)29(25(34)15-22)40-17-21-10-6-18(2)7-11-21/h6-16,28H,5,17H2,1-4H3/b26-16+/t28-/m1/s1. The zero-order valence-electron chi connectivity index (χ0n) is 23.0. The molecule has 3 aromatic carbocycles. The molecule has 0 saturated carbocycles. The minimum atomic E-state index is -0.669. The van der Waals surface area contributed by atoms with E-state index in [4.69, 9.17) is 32.7 Å². The molecule has 0 bridgehead atoms. The Morgan fingerprint density at radius 1 is 1.00 bits per heavy atom. The number of allylic oxidation sites excluding steroid dienone is 1. The highest BCUT2D eigenvalue weighted by atomic mass is 35.5. The van der Waals surface area contributed by atoms with E-state index < -0.39 is 12.0 Å². The third kappa shape index (κ3) is 6.03. The van der Waals surface area contributed by atoms with Crippen LogP contribution in [0.5, 0.6) is 5.75 Å². The number of halogens is 2. The molecule has 0 unspecified atom stereocenters. The van der Waals surface area contributed by atoms with Crippen molar-refractivity contribution >= 4 is 46.6 Å². The lowest BCUT2D eigenvalue weighted by molar-refractivity contribution is -0.139. The number of nitrogens with zero attached hydrogens (tertiary/aromatic N) is 2. The number of carbonyl (C=O) groups is 1. The lowest BCUT2D eigenvalue weighted by Gasteiger charge is -2.24. The molecule has 2 heterocycles. The second kappa shape index (κ2) is 12.1. The van der Waals surface area contributed by atoms with Gasteiger partial charge in [-0.25, -0.2) is 9.79 Å². The number of hydrogen-bond acceptors (Lipinski definition) is 6. The number of rotatable bonds is 7. The first-order valence-corrected chi connectivity index (χ1v) is 14.7. The number of benzene rings is 3. The van der Waals surface area contributed by atoms with Gasteiger partial charge in [-0.2, -0.15) is 0 Å². The molecule has 1 aromatic heterocycles.